The van der Waals surface area contributed by atoms with Crippen LogP contribution in [0.25, 0.3) is 0 Å². The van der Waals surface area contributed by atoms with Gasteiger partial charge in [-0.1, -0.05) is 0 Å². The van der Waals surface area contributed by atoms with Crippen LogP contribution < -0.4 is 4.48 Å². The Balaban J connectivity index is 2.28. The fraction of sp³-hybridized carbons (Fsp3) is 0.286. The third kappa shape index (κ3) is 0.550. The van der Waals surface area contributed by atoms with Gasteiger partial charge in [-0.05, 0) is 0 Å². The van der Waals surface area contributed by atoms with Crippen molar-refractivity contribution in [3.63, 3.8) is 0 Å². The molecule has 1 saturated heterocycles. The van der Waals surface area contributed by atoms with Crippen LogP contribution in [-0.4, -0.2) is 29.4 Å². The number of aromatic nitrogens is 2. The smallest absolute Gasteiger partial charge is 0.222 e. The van der Waals surface area contributed by atoms with E-state index < -0.39 is 0 Å². The highest BCUT2D eigenvalue weighted by molar-refractivity contribution is 5.89. The first-order valence-electron chi connectivity index (χ1n) is 3.63. The van der Waals surface area contributed by atoms with E-state index in [1.807, 2.05) is 12.5 Å². The topological polar surface area (TPSA) is 38.1 Å². The lowest BCUT2D eigenvalue weighted by Gasteiger charge is -2.03. The van der Waals surface area contributed by atoms with Gasteiger partial charge in [-0.15, -0.1) is 0 Å². The van der Waals surface area contributed by atoms with Crippen LogP contribution in [-0.2, 0) is 0 Å². The third-order valence-corrected chi connectivity index (χ3v) is 2.26. The molecule has 0 amide bonds. The monoisotopic (exact) mass is 147 g/mol. The SMILES string of the molecule is C1=Nc2ncncc2[N+]12CC2. The molecule has 11 heavy (non-hydrogen) atoms. The number of rotatable bonds is 0. The third-order valence-electron chi connectivity index (χ3n) is 2.26. The summed E-state index contributed by atoms with van der Waals surface area (Å²) in [5.41, 5.74) is 1.16. The molecule has 0 saturated carbocycles. The second kappa shape index (κ2) is 1.48. The van der Waals surface area contributed by atoms with E-state index in [4.69, 9.17) is 0 Å². The molecular weight excluding hydrogens is 140 g/mol. The number of hydrogen-bond acceptors (Lipinski definition) is 3. The largest absolute Gasteiger partial charge is 0.238 e. The molecule has 4 heteroatoms. The molecule has 54 valence electrons. The van der Waals surface area contributed by atoms with E-state index in [2.05, 4.69) is 15.0 Å². The van der Waals surface area contributed by atoms with E-state index in [-0.39, 0.29) is 0 Å². The summed E-state index contributed by atoms with van der Waals surface area (Å²) >= 11 is 0. The lowest BCUT2D eigenvalue weighted by atomic mass is 10.5. The zero-order valence-electron chi connectivity index (χ0n) is 5.94. The average molecular weight is 147 g/mol. The fourth-order valence-electron chi connectivity index (χ4n) is 1.42. The van der Waals surface area contributed by atoms with E-state index in [1.165, 1.54) is 0 Å². The summed E-state index contributed by atoms with van der Waals surface area (Å²) in [7, 11) is 0. The molecule has 4 nitrogen and oxygen atoms in total. The van der Waals surface area contributed by atoms with Crippen LogP contribution in [0, 0.1) is 0 Å². The van der Waals surface area contributed by atoms with Gasteiger partial charge >= 0.3 is 0 Å². The van der Waals surface area contributed by atoms with Gasteiger partial charge in [0.15, 0.2) is 6.34 Å². The van der Waals surface area contributed by atoms with E-state index in [0.29, 0.717) is 0 Å². The quantitative estimate of drug-likeness (QED) is 0.395. The standard InChI is InChI=1S/C7H7N4/c1-2-11(1)5-10-7-6(11)3-8-4-9-7/h3-5H,1-2H2/q+1. The first-order chi connectivity index (χ1) is 5.41. The molecule has 2 aliphatic heterocycles. The van der Waals surface area contributed by atoms with Crippen molar-refractivity contribution in [1.82, 2.24) is 14.5 Å². The van der Waals surface area contributed by atoms with Crippen LogP contribution in [0.4, 0.5) is 11.5 Å². The maximum atomic E-state index is 4.21. The fourth-order valence-corrected chi connectivity index (χ4v) is 1.42. The predicted molar refractivity (Wildman–Crippen MR) is 41.7 cm³/mol. The molecular formula is C7H7N4+. The second-order valence-electron chi connectivity index (χ2n) is 2.96. The molecule has 1 aromatic rings. The zero-order chi connectivity index (χ0) is 7.31. The van der Waals surface area contributed by atoms with Gasteiger partial charge in [0.25, 0.3) is 0 Å². The molecule has 1 aromatic heterocycles. The minimum Gasteiger partial charge on any atom is -0.238 e. The summed E-state index contributed by atoms with van der Waals surface area (Å²) < 4.78 is 0.885. The highest BCUT2D eigenvalue weighted by Gasteiger charge is 2.49. The summed E-state index contributed by atoms with van der Waals surface area (Å²) in [5, 5.41) is 0. The number of fused-ring (bicyclic) bond motifs is 2. The average Bonchev–Trinajstić information content (AvgIpc) is 2.72. The number of aliphatic imine (C=N–C) groups is 1. The minimum absolute atomic E-state index is 0.845. The summed E-state index contributed by atoms with van der Waals surface area (Å²) in [6.07, 6.45) is 5.36. The Labute approximate surface area is 63.8 Å². The van der Waals surface area contributed by atoms with Gasteiger partial charge in [0.2, 0.25) is 11.5 Å². The van der Waals surface area contributed by atoms with Crippen molar-refractivity contribution in [2.24, 2.45) is 4.99 Å². The van der Waals surface area contributed by atoms with Crippen molar-refractivity contribution in [2.75, 3.05) is 13.1 Å². The van der Waals surface area contributed by atoms with Crippen LogP contribution in [0.3, 0.4) is 0 Å². The Bertz CT molecular complexity index is 340. The molecule has 0 unspecified atom stereocenters. The normalized spacial score (nSPS) is 22.2. The lowest BCUT2D eigenvalue weighted by Crippen LogP contribution is -2.19. The van der Waals surface area contributed by atoms with Crippen molar-refractivity contribution in [3.8, 4) is 0 Å². The van der Waals surface area contributed by atoms with Crippen LogP contribution in [0.2, 0.25) is 0 Å². The maximum absolute atomic E-state index is 4.21. The van der Waals surface area contributed by atoms with Crippen LogP contribution in [0.5, 0.6) is 0 Å². The minimum atomic E-state index is 0.845. The van der Waals surface area contributed by atoms with Crippen molar-refractivity contribution in [3.05, 3.63) is 12.5 Å². The first kappa shape index (κ1) is 5.37. The highest BCUT2D eigenvalue weighted by atomic mass is 15.5. The Morgan fingerprint density at radius 2 is 2.27 bits per heavy atom. The van der Waals surface area contributed by atoms with Gasteiger partial charge in [-0.2, -0.15) is 4.99 Å². The lowest BCUT2D eigenvalue weighted by molar-refractivity contribution is 0.825. The molecule has 1 spiro atoms. The van der Waals surface area contributed by atoms with E-state index in [1.54, 1.807) is 6.33 Å². The van der Waals surface area contributed by atoms with Gasteiger partial charge in [0.1, 0.15) is 19.4 Å². The van der Waals surface area contributed by atoms with Gasteiger partial charge < -0.3 is 0 Å². The zero-order valence-corrected chi connectivity index (χ0v) is 5.94. The Morgan fingerprint density at radius 3 is 3.09 bits per heavy atom. The summed E-state index contributed by atoms with van der Waals surface area (Å²) in [5.74, 6) is 0.845. The van der Waals surface area contributed by atoms with Crippen molar-refractivity contribution < 1.29 is 0 Å². The number of nitrogens with zero attached hydrogens (tertiary/aromatic N) is 4. The summed E-state index contributed by atoms with van der Waals surface area (Å²) in [6, 6.07) is 0. The molecule has 3 heterocycles. The Morgan fingerprint density at radius 1 is 1.36 bits per heavy atom. The molecule has 3 rings (SSSR count). The molecule has 0 radical (unpaired) electrons. The van der Waals surface area contributed by atoms with Gasteiger partial charge in [-0.3, -0.25) is 0 Å². The summed E-state index contributed by atoms with van der Waals surface area (Å²) in [4.78, 5) is 12.3. The molecule has 0 bridgehead atoms. The number of quaternary nitrogens is 1. The molecule has 0 aromatic carbocycles. The second-order valence-corrected chi connectivity index (χ2v) is 2.96. The van der Waals surface area contributed by atoms with Crippen LogP contribution in [0.1, 0.15) is 0 Å². The first-order valence-corrected chi connectivity index (χ1v) is 3.63. The van der Waals surface area contributed by atoms with Crippen molar-refractivity contribution >= 4 is 17.8 Å². The van der Waals surface area contributed by atoms with E-state index >= 15 is 0 Å². The van der Waals surface area contributed by atoms with Crippen LogP contribution >= 0.6 is 0 Å². The summed E-state index contributed by atoms with van der Waals surface area (Å²) in [6.45, 7) is 2.31. The van der Waals surface area contributed by atoms with E-state index in [9.17, 15) is 0 Å². The Kier molecular flexibility index (Phi) is 0.722. The predicted octanol–water partition coefficient (Wildman–Crippen LogP) is 0.471. The van der Waals surface area contributed by atoms with Crippen molar-refractivity contribution in [2.45, 2.75) is 0 Å². The molecule has 0 atom stereocenters. The highest BCUT2D eigenvalue weighted by Crippen LogP contribution is 2.40. The molecule has 0 N–H and O–H groups in total. The van der Waals surface area contributed by atoms with Crippen LogP contribution in [0.15, 0.2) is 17.5 Å². The number of hydrogen-bond donors (Lipinski definition) is 0. The molecule has 2 aliphatic rings. The molecule has 0 aliphatic carbocycles. The Hall–Kier alpha value is -1.29. The van der Waals surface area contributed by atoms with E-state index in [0.717, 1.165) is 29.1 Å². The molecule has 1 fully saturated rings. The van der Waals surface area contributed by atoms with Crippen molar-refractivity contribution in [1.29, 1.82) is 0 Å². The van der Waals surface area contributed by atoms with Gasteiger partial charge in [-0.25, -0.2) is 14.5 Å². The van der Waals surface area contributed by atoms with Gasteiger partial charge in [0.05, 0.1) is 6.20 Å². The van der Waals surface area contributed by atoms with Gasteiger partial charge in [0, 0.05) is 0 Å². The maximum Gasteiger partial charge on any atom is 0.222 e.